The van der Waals surface area contributed by atoms with Gasteiger partial charge in [0.05, 0.1) is 18.2 Å². The molecule has 2 atom stereocenters. The molecule has 3 nitrogen and oxygen atoms in total. The van der Waals surface area contributed by atoms with E-state index in [1.165, 1.54) is 6.92 Å². The molecule has 0 heterocycles. The molecule has 22 heavy (non-hydrogen) atoms. The Balaban J connectivity index is 2.44. The number of nitrogens with one attached hydrogen (secondary N) is 1. The summed E-state index contributed by atoms with van der Waals surface area (Å²) in [4.78, 5) is 11.8. The first-order valence-corrected chi connectivity index (χ1v) is 7.84. The average molecular weight is 320 g/mol. The molecule has 0 spiro atoms. The molecule has 1 amide bonds. The van der Waals surface area contributed by atoms with Gasteiger partial charge in [0.15, 0.2) is 0 Å². The number of benzene rings is 1. The van der Waals surface area contributed by atoms with E-state index in [0.29, 0.717) is 11.6 Å². The fraction of sp³-hybridized carbons (Fsp3) is 0.389. The first kappa shape index (κ1) is 16.8. The van der Waals surface area contributed by atoms with Crippen molar-refractivity contribution in [3.05, 3.63) is 59.7 Å². The summed E-state index contributed by atoms with van der Waals surface area (Å²) in [7, 11) is 0. The summed E-state index contributed by atoms with van der Waals surface area (Å²) in [5.41, 5.74) is 1.06. The molecule has 0 aromatic heterocycles. The summed E-state index contributed by atoms with van der Waals surface area (Å²) in [6.07, 6.45) is 4.18. The van der Waals surface area contributed by atoms with Crippen LogP contribution in [0.25, 0.3) is 0 Å². The fourth-order valence-electron chi connectivity index (χ4n) is 3.16. The molecule has 2 rings (SSSR count). The van der Waals surface area contributed by atoms with Crippen LogP contribution in [0.4, 0.5) is 0 Å². The quantitative estimate of drug-likeness (QED) is 0.834. The van der Waals surface area contributed by atoms with Gasteiger partial charge >= 0.3 is 0 Å². The van der Waals surface area contributed by atoms with Crippen molar-refractivity contribution in [2.75, 3.05) is 6.61 Å². The van der Waals surface area contributed by atoms with Crippen LogP contribution in [0.1, 0.15) is 31.7 Å². The van der Waals surface area contributed by atoms with Crippen molar-refractivity contribution in [2.24, 2.45) is 0 Å². The van der Waals surface area contributed by atoms with Gasteiger partial charge in [-0.25, -0.2) is 0 Å². The molecule has 1 aromatic rings. The second-order valence-corrected chi connectivity index (χ2v) is 6.00. The number of hydrogen-bond acceptors (Lipinski definition) is 2. The Labute approximate surface area is 137 Å². The third-order valence-electron chi connectivity index (χ3n) is 4.09. The molecule has 1 aliphatic carbocycles. The molecule has 1 N–H and O–H groups in total. The number of halogens is 1. The third-order valence-corrected chi connectivity index (χ3v) is 4.42. The predicted octanol–water partition coefficient (Wildman–Crippen LogP) is 3.98. The zero-order chi connectivity index (χ0) is 16.2. The zero-order valence-electron chi connectivity index (χ0n) is 12.9. The topological polar surface area (TPSA) is 38.3 Å². The summed E-state index contributed by atoms with van der Waals surface area (Å²) in [6.45, 7) is 9.90. The van der Waals surface area contributed by atoms with Crippen molar-refractivity contribution in [3.63, 3.8) is 0 Å². The zero-order valence-corrected chi connectivity index (χ0v) is 13.7. The van der Waals surface area contributed by atoms with Crippen LogP contribution in [-0.4, -0.2) is 18.6 Å². The van der Waals surface area contributed by atoms with Crippen molar-refractivity contribution in [3.8, 4) is 0 Å². The second kappa shape index (κ2) is 7.12. The van der Waals surface area contributed by atoms with Crippen LogP contribution in [0.3, 0.4) is 0 Å². The van der Waals surface area contributed by atoms with E-state index in [0.717, 1.165) is 30.4 Å². The van der Waals surface area contributed by atoms with Crippen LogP contribution in [-0.2, 0) is 15.1 Å². The van der Waals surface area contributed by atoms with Gasteiger partial charge in [-0.05, 0) is 30.9 Å². The second-order valence-electron chi connectivity index (χ2n) is 5.59. The highest BCUT2D eigenvalue weighted by molar-refractivity contribution is 6.31. The monoisotopic (exact) mass is 319 g/mol. The Morgan fingerprint density at radius 2 is 2.27 bits per heavy atom. The lowest BCUT2D eigenvalue weighted by molar-refractivity contribution is -0.121. The highest BCUT2D eigenvalue weighted by atomic mass is 35.5. The van der Waals surface area contributed by atoms with Gasteiger partial charge in [0.25, 0.3) is 0 Å². The smallest absolute Gasteiger partial charge is 0.217 e. The van der Waals surface area contributed by atoms with E-state index in [4.69, 9.17) is 16.3 Å². The van der Waals surface area contributed by atoms with E-state index >= 15 is 0 Å². The lowest BCUT2D eigenvalue weighted by atomic mass is 9.72. The van der Waals surface area contributed by atoms with E-state index in [1.54, 1.807) is 6.08 Å². The molecule has 118 valence electrons. The molecule has 0 radical (unpaired) electrons. The Hall–Kier alpha value is -1.58. The van der Waals surface area contributed by atoms with E-state index in [-0.39, 0.29) is 12.0 Å². The van der Waals surface area contributed by atoms with Crippen LogP contribution in [0.2, 0.25) is 5.02 Å². The number of amides is 1. The lowest BCUT2D eigenvalue weighted by Gasteiger charge is -2.44. The van der Waals surface area contributed by atoms with Gasteiger partial charge in [-0.3, -0.25) is 4.79 Å². The third kappa shape index (κ3) is 3.26. The summed E-state index contributed by atoms with van der Waals surface area (Å²) in [5, 5.41) is 3.71. The maximum absolute atomic E-state index is 11.8. The van der Waals surface area contributed by atoms with Gasteiger partial charge in [-0.15, -0.1) is 6.58 Å². The number of rotatable bonds is 5. The van der Waals surface area contributed by atoms with Crippen LogP contribution in [0.5, 0.6) is 0 Å². The summed E-state index contributed by atoms with van der Waals surface area (Å²) < 4.78 is 5.83. The molecule has 1 aliphatic rings. The summed E-state index contributed by atoms with van der Waals surface area (Å²) in [6, 6.07) is 7.58. The lowest BCUT2D eigenvalue weighted by Crippen LogP contribution is -2.51. The number of ether oxygens (including phenoxy) is 1. The van der Waals surface area contributed by atoms with Crippen LogP contribution in [0, 0.1) is 0 Å². The van der Waals surface area contributed by atoms with Crippen molar-refractivity contribution >= 4 is 17.5 Å². The largest absolute Gasteiger partial charge is 0.370 e. The maximum Gasteiger partial charge on any atom is 0.217 e. The minimum absolute atomic E-state index is 0.106. The number of carbonyl (C=O) groups excluding carboxylic acids is 1. The Kier molecular flexibility index (Phi) is 5.43. The van der Waals surface area contributed by atoms with Crippen molar-refractivity contribution in [2.45, 2.75) is 37.8 Å². The predicted molar refractivity (Wildman–Crippen MR) is 89.9 cm³/mol. The van der Waals surface area contributed by atoms with Gasteiger partial charge in [0, 0.05) is 17.5 Å². The van der Waals surface area contributed by atoms with Gasteiger partial charge < -0.3 is 10.1 Å². The Morgan fingerprint density at radius 3 is 2.91 bits per heavy atom. The molecular formula is C18H22ClNO2. The Bertz CT molecular complexity index is 584. The van der Waals surface area contributed by atoms with E-state index in [9.17, 15) is 4.79 Å². The summed E-state index contributed by atoms with van der Waals surface area (Å²) in [5.74, 6) is -0.106. The first-order chi connectivity index (χ1) is 10.5. The van der Waals surface area contributed by atoms with E-state index in [1.807, 2.05) is 24.3 Å². The average Bonchev–Trinajstić information content (AvgIpc) is 2.48. The molecule has 2 unspecified atom stereocenters. The van der Waals surface area contributed by atoms with Gasteiger partial charge in [0.2, 0.25) is 5.91 Å². The Morgan fingerprint density at radius 1 is 1.55 bits per heavy atom. The van der Waals surface area contributed by atoms with Crippen LogP contribution in [0.15, 0.2) is 49.1 Å². The standard InChI is InChI=1S/C18H22ClNO2/c1-4-12-22-17-10-7-11-18(13(17)2,20-14(3)21)15-8-5-6-9-16(15)19/h4-6,8-9,17H,1-2,7,10-12H2,3H3,(H,20,21). The molecule has 0 bridgehead atoms. The molecule has 0 aliphatic heterocycles. The normalized spacial score (nSPS) is 24.8. The first-order valence-electron chi connectivity index (χ1n) is 7.47. The SMILES string of the molecule is C=CCOC1CCCC(NC(C)=O)(c2ccccc2Cl)C1=C. The molecule has 1 fully saturated rings. The molecule has 0 saturated heterocycles. The van der Waals surface area contributed by atoms with Gasteiger partial charge in [-0.2, -0.15) is 0 Å². The van der Waals surface area contributed by atoms with Crippen LogP contribution >= 0.6 is 11.6 Å². The number of hydrogen-bond donors (Lipinski definition) is 1. The van der Waals surface area contributed by atoms with Crippen LogP contribution < -0.4 is 5.32 Å². The van der Waals surface area contributed by atoms with Gasteiger partial charge in [-0.1, -0.05) is 42.5 Å². The minimum Gasteiger partial charge on any atom is -0.370 e. The highest BCUT2D eigenvalue weighted by Gasteiger charge is 2.43. The van der Waals surface area contributed by atoms with E-state index in [2.05, 4.69) is 18.5 Å². The molecular weight excluding hydrogens is 298 g/mol. The molecule has 1 saturated carbocycles. The van der Waals surface area contributed by atoms with Crippen molar-refractivity contribution < 1.29 is 9.53 Å². The van der Waals surface area contributed by atoms with Crippen molar-refractivity contribution in [1.82, 2.24) is 5.32 Å². The summed E-state index contributed by atoms with van der Waals surface area (Å²) >= 11 is 6.40. The van der Waals surface area contributed by atoms with Gasteiger partial charge in [0.1, 0.15) is 0 Å². The van der Waals surface area contributed by atoms with E-state index < -0.39 is 5.54 Å². The molecule has 1 aromatic carbocycles. The number of carbonyl (C=O) groups is 1. The maximum atomic E-state index is 11.8. The molecule has 4 heteroatoms. The fourth-order valence-corrected chi connectivity index (χ4v) is 3.45. The van der Waals surface area contributed by atoms with Crippen molar-refractivity contribution in [1.29, 1.82) is 0 Å². The highest BCUT2D eigenvalue weighted by Crippen LogP contribution is 2.44. The minimum atomic E-state index is -0.672.